The van der Waals surface area contributed by atoms with Crippen LogP contribution in [0.3, 0.4) is 0 Å². The average molecular weight is 229 g/mol. The third-order valence-corrected chi connectivity index (χ3v) is 2.59. The van der Waals surface area contributed by atoms with E-state index in [0.717, 1.165) is 16.5 Å². The molecule has 1 aromatic carbocycles. The number of fused-ring (bicyclic) bond motifs is 1. The Hall–Kier alpha value is -1.81. The molecule has 80 valence electrons. The van der Waals surface area contributed by atoms with Crippen molar-refractivity contribution < 1.29 is 0 Å². The van der Waals surface area contributed by atoms with Gasteiger partial charge in [0.2, 0.25) is 0 Å². The van der Waals surface area contributed by atoms with E-state index in [1.165, 1.54) is 11.8 Å². The van der Waals surface area contributed by atoms with Gasteiger partial charge < -0.3 is 5.73 Å². The summed E-state index contributed by atoms with van der Waals surface area (Å²) in [6.45, 7) is 0. The number of nitrogens with one attached hydrogen (secondary N) is 1. The van der Waals surface area contributed by atoms with Gasteiger partial charge in [0, 0.05) is 11.6 Å². The minimum absolute atomic E-state index is 0.0880. The van der Waals surface area contributed by atoms with Crippen LogP contribution >= 0.6 is 11.8 Å². The fourth-order valence-electron chi connectivity index (χ4n) is 1.37. The molecule has 1 heterocycles. The van der Waals surface area contributed by atoms with Gasteiger partial charge in [0.15, 0.2) is 5.17 Å². The van der Waals surface area contributed by atoms with E-state index in [9.17, 15) is 0 Å². The second kappa shape index (κ2) is 4.81. The van der Waals surface area contributed by atoms with E-state index >= 15 is 0 Å². The lowest BCUT2D eigenvalue weighted by Crippen LogP contribution is -2.00. The molecule has 3 nitrogen and oxygen atoms in total. The predicted molar refractivity (Wildman–Crippen MR) is 70.3 cm³/mol. The lowest BCUT2D eigenvalue weighted by molar-refractivity contribution is 1.40. The number of pyridine rings is 1. The monoisotopic (exact) mass is 229 g/mol. The van der Waals surface area contributed by atoms with Crippen molar-refractivity contribution in [3.8, 4) is 0 Å². The molecule has 0 spiro atoms. The summed E-state index contributed by atoms with van der Waals surface area (Å²) in [5, 5.41) is 10.0. The topological polar surface area (TPSA) is 62.8 Å². The molecule has 2 aromatic rings. The van der Waals surface area contributed by atoms with Crippen LogP contribution < -0.4 is 5.73 Å². The molecule has 0 radical (unpaired) electrons. The highest BCUT2D eigenvalue weighted by molar-refractivity contribution is 8.16. The van der Waals surface area contributed by atoms with Crippen LogP contribution in [0.4, 0.5) is 0 Å². The van der Waals surface area contributed by atoms with Gasteiger partial charge in [-0.3, -0.25) is 10.4 Å². The molecule has 0 bridgehead atoms. The molecule has 0 unspecified atom stereocenters. The van der Waals surface area contributed by atoms with Crippen molar-refractivity contribution in [3.05, 3.63) is 47.5 Å². The molecule has 0 atom stereocenters. The van der Waals surface area contributed by atoms with E-state index in [2.05, 4.69) is 11.1 Å². The zero-order chi connectivity index (χ0) is 11.4. The van der Waals surface area contributed by atoms with Crippen LogP contribution in [-0.2, 0) is 0 Å². The highest BCUT2D eigenvalue weighted by Crippen LogP contribution is 2.14. The Kier molecular flexibility index (Phi) is 3.22. The third-order valence-electron chi connectivity index (χ3n) is 2.07. The molecule has 0 amide bonds. The SMILES string of the molecule is N=C(N)S/C=C/c1cnc2ccccc2c1. The predicted octanol–water partition coefficient (Wildman–Crippen LogP) is 2.83. The Bertz CT molecular complexity index is 549. The first-order chi connectivity index (χ1) is 7.75. The number of nitrogens with two attached hydrogens (primary N) is 1. The molecule has 0 saturated carbocycles. The van der Waals surface area contributed by atoms with Gasteiger partial charge in [-0.15, -0.1) is 0 Å². The summed E-state index contributed by atoms with van der Waals surface area (Å²) < 4.78 is 0. The van der Waals surface area contributed by atoms with Gasteiger partial charge >= 0.3 is 0 Å². The van der Waals surface area contributed by atoms with Crippen LogP contribution in [0.15, 0.2) is 41.9 Å². The molecule has 0 aliphatic rings. The van der Waals surface area contributed by atoms with Crippen molar-refractivity contribution >= 4 is 33.9 Å². The number of thioether (sulfide) groups is 1. The molecule has 0 aliphatic carbocycles. The van der Waals surface area contributed by atoms with Crippen LogP contribution in [-0.4, -0.2) is 10.2 Å². The maximum atomic E-state index is 7.07. The van der Waals surface area contributed by atoms with Crippen LogP contribution in [0.1, 0.15) is 5.56 Å². The highest BCUT2D eigenvalue weighted by atomic mass is 32.2. The van der Waals surface area contributed by atoms with E-state index in [0.29, 0.717) is 0 Å². The van der Waals surface area contributed by atoms with Gasteiger partial charge in [0.25, 0.3) is 0 Å². The van der Waals surface area contributed by atoms with E-state index in [1.54, 1.807) is 11.6 Å². The summed E-state index contributed by atoms with van der Waals surface area (Å²) in [6, 6.07) is 10.0. The first kappa shape index (κ1) is 10.7. The Morgan fingerprint density at radius 2 is 2.19 bits per heavy atom. The van der Waals surface area contributed by atoms with E-state index in [1.807, 2.05) is 30.3 Å². The minimum Gasteiger partial charge on any atom is -0.378 e. The third kappa shape index (κ3) is 2.61. The number of benzene rings is 1. The quantitative estimate of drug-likeness (QED) is 0.615. The molecule has 1 aromatic heterocycles. The van der Waals surface area contributed by atoms with E-state index in [4.69, 9.17) is 11.1 Å². The lowest BCUT2D eigenvalue weighted by atomic mass is 10.2. The van der Waals surface area contributed by atoms with Crippen molar-refractivity contribution in [2.24, 2.45) is 5.73 Å². The standard InChI is InChI=1S/C12H11N3S/c13-12(14)16-6-5-9-7-10-3-1-2-4-11(10)15-8-9/h1-8H,(H3,13,14)/b6-5+. The Morgan fingerprint density at radius 3 is 3.00 bits per heavy atom. The van der Waals surface area contributed by atoms with Crippen LogP contribution in [0, 0.1) is 5.41 Å². The summed E-state index contributed by atoms with van der Waals surface area (Å²) in [5.41, 5.74) is 7.22. The average Bonchev–Trinajstić information content (AvgIpc) is 2.28. The van der Waals surface area contributed by atoms with E-state index < -0.39 is 0 Å². The molecule has 16 heavy (non-hydrogen) atoms. The number of hydrogen-bond acceptors (Lipinski definition) is 3. The van der Waals surface area contributed by atoms with Crippen LogP contribution in [0.2, 0.25) is 0 Å². The van der Waals surface area contributed by atoms with Crippen molar-refractivity contribution in [1.29, 1.82) is 5.41 Å². The second-order valence-corrected chi connectivity index (χ2v) is 4.19. The van der Waals surface area contributed by atoms with Crippen molar-refractivity contribution in [3.63, 3.8) is 0 Å². The molecule has 3 N–H and O–H groups in total. The molecule has 0 saturated heterocycles. The molecule has 0 fully saturated rings. The summed E-state index contributed by atoms with van der Waals surface area (Å²) in [6.07, 6.45) is 3.70. The Balaban J connectivity index is 2.26. The fourth-order valence-corrected chi connectivity index (χ4v) is 1.74. The molecule has 0 aliphatic heterocycles. The van der Waals surface area contributed by atoms with Gasteiger partial charge in [-0.05, 0) is 29.2 Å². The Morgan fingerprint density at radius 1 is 1.38 bits per heavy atom. The molecular formula is C12H11N3S. The molecular weight excluding hydrogens is 218 g/mol. The summed E-state index contributed by atoms with van der Waals surface area (Å²) in [5.74, 6) is 0. The molecule has 4 heteroatoms. The largest absolute Gasteiger partial charge is 0.378 e. The smallest absolute Gasteiger partial charge is 0.155 e. The Labute approximate surface area is 97.9 Å². The number of aromatic nitrogens is 1. The number of rotatable bonds is 2. The van der Waals surface area contributed by atoms with Gasteiger partial charge in [-0.1, -0.05) is 30.0 Å². The van der Waals surface area contributed by atoms with Crippen LogP contribution in [0.25, 0.3) is 17.0 Å². The van der Waals surface area contributed by atoms with E-state index in [-0.39, 0.29) is 5.17 Å². The lowest BCUT2D eigenvalue weighted by Gasteiger charge is -1.97. The van der Waals surface area contributed by atoms with Crippen molar-refractivity contribution in [2.45, 2.75) is 0 Å². The van der Waals surface area contributed by atoms with Crippen LogP contribution in [0.5, 0.6) is 0 Å². The maximum absolute atomic E-state index is 7.07. The first-order valence-electron chi connectivity index (χ1n) is 4.78. The number of para-hydroxylation sites is 1. The van der Waals surface area contributed by atoms with Gasteiger partial charge in [0.05, 0.1) is 5.52 Å². The summed E-state index contributed by atoms with van der Waals surface area (Å²) in [7, 11) is 0. The normalized spacial score (nSPS) is 11.0. The zero-order valence-corrected chi connectivity index (χ0v) is 9.37. The van der Waals surface area contributed by atoms with Gasteiger partial charge in [-0.2, -0.15) is 0 Å². The number of hydrogen-bond donors (Lipinski definition) is 2. The van der Waals surface area contributed by atoms with Crippen molar-refractivity contribution in [2.75, 3.05) is 0 Å². The second-order valence-electron chi connectivity index (χ2n) is 3.25. The number of amidine groups is 1. The zero-order valence-electron chi connectivity index (χ0n) is 8.55. The molecule has 2 rings (SSSR count). The fraction of sp³-hybridized carbons (Fsp3) is 0. The summed E-state index contributed by atoms with van der Waals surface area (Å²) >= 11 is 1.18. The summed E-state index contributed by atoms with van der Waals surface area (Å²) in [4.78, 5) is 4.33. The first-order valence-corrected chi connectivity index (χ1v) is 5.66. The van der Waals surface area contributed by atoms with Gasteiger partial charge in [-0.25, -0.2) is 0 Å². The highest BCUT2D eigenvalue weighted by Gasteiger charge is 1.94. The van der Waals surface area contributed by atoms with Gasteiger partial charge in [0.1, 0.15) is 0 Å². The minimum atomic E-state index is 0.0880. The van der Waals surface area contributed by atoms with Crippen molar-refractivity contribution in [1.82, 2.24) is 4.98 Å². The number of nitrogens with zero attached hydrogens (tertiary/aromatic N) is 1. The maximum Gasteiger partial charge on any atom is 0.155 e.